The Labute approximate surface area is 116 Å². The number of aromatic nitrogens is 1. The van der Waals surface area contributed by atoms with Crippen molar-refractivity contribution in [3.63, 3.8) is 0 Å². The Hall–Kier alpha value is -1.43. The lowest BCUT2D eigenvalue weighted by Crippen LogP contribution is -2.29. The first-order chi connectivity index (χ1) is 9.06. The van der Waals surface area contributed by atoms with Gasteiger partial charge in [-0.25, -0.2) is 4.98 Å². The number of aliphatic carboxylic acids is 1. The molecule has 5 nitrogen and oxygen atoms in total. The monoisotopic (exact) mass is 282 g/mol. The predicted octanol–water partition coefficient (Wildman–Crippen LogP) is 1.71. The minimum atomic E-state index is -0.798. The molecule has 104 valence electrons. The Balaban J connectivity index is 1.72. The van der Waals surface area contributed by atoms with E-state index in [4.69, 9.17) is 5.11 Å². The van der Waals surface area contributed by atoms with Crippen LogP contribution in [0.3, 0.4) is 0 Å². The van der Waals surface area contributed by atoms with Gasteiger partial charge in [0.15, 0.2) is 0 Å². The minimum absolute atomic E-state index is 0.0655. The number of hydrogen-bond acceptors (Lipinski definition) is 4. The Bertz CT molecular complexity index is 472. The van der Waals surface area contributed by atoms with E-state index in [0.717, 1.165) is 23.5 Å². The number of aryl methyl sites for hydroxylation is 2. The summed E-state index contributed by atoms with van der Waals surface area (Å²) in [6.45, 7) is 2.91. The minimum Gasteiger partial charge on any atom is -0.481 e. The first-order valence-electron chi connectivity index (χ1n) is 6.48. The van der Waals surface area contributed by atoms with Gasteiger partial charge in [-0.1, -0.05) is 0 Å². The van der Waals surface area contributed by atoms with Crippen LogP contribution in [0.1, 0.15) is 30.0 Å². The lowest BCUT2D eigenvalue weighted by Gasteiger charge is -2.15. The molecule has 1 fully saturated rings. The zero-order valence-electron chi connectivity index (χ0n) is 11.0. The third-order valence-electron chi connectivity index (χ3n) is 3.38. The van der Waals surface area contributed by atoms with Crippen molar-refractivity contribution in [1.82, 2.24) is 9.88 Å². The molecule has 1 atom stereocenters. The molecule has 1 saturated heterocycles. The van der Waals surface area contributed by atoms with Crippen LogP contribution in [-0.4, -0.2) is 40.0 Å². The summed E-state index contributed by atoms with van der Waals surface area (Å²) in [5.41, 5.74) is 1.04. The van der Waals surface area contributed by atoms with Crippen LogP contribution in [0.2, 0.25) is 0 Å². The maximum absolute atomic E-state index is 11.9. The van der Waals surface area contributed by atoms with Gasteiger partial charge in [0.2, 0.25) is 5.91 Å². The summed E-state index contributed by atoms with van der Waals surface area (Å²) in [5, 5.41) is 12.0. The summed E-state index contributed by atoms with van der Waals surface area (Å²) in [6.07, 6.45) is 2.64. The first kappa shape index (κ1) is 14.0. The van der Waals surface area contributed by atoms with Gasteiger partial charge in [0.05, 0.1) is 16.6 Å². The number of carbonyl (C=O) groups excluding carboxylic acids is 1. The van der Waals surface area contributed by atoms with E-state index in [9.17, 15) is 9.59 Å². The largest absolute Gasteiger partial charge is 0.481 e. The lowest BCUT2D eigenvalue weighted by molar-refractivity contribution is -0.141. The van der Waals surface area contributed by atoms with Gasteiger partial charge in [0.25, 0.3) is 0 Å². The fourth-order valence-corrected chi connectivity index (χ4v) is 2.94. The number of likely N-dealkylation sites (tertiary alicyclic amines) is 1. The number of nitrogens with zero attached hydrogens (tertiary/aromatic N) is 2. The van der Waals surface area contributed by atoms with E-state index in [1.54, 1.807) is 16.2 Å². The SMILES string of the molecule is Cc1nc(CCCC(=O)N2CC[C@H](C(=O)O)C2)cs1. The number of amides is 1. The van der Waals surface area contributed by atoms with Gasteiger partial charge >= 0.3 is 5.97 Å². The van der Waals surface area contributed by atoms with Crippen molar-refractivity contribution in [2.24, 2.45) is 5.92 Å². The highest BCUT2D eigenvalue weighted by Crippen LogP contribution is 2.18. The molecule has 1 N–H and O–H groups in total. The maximum Gasteiger partial charge on any atom is 0.308 e. The number of carbonyl (C=O) groups is 2. The smallest absolute Gasteiger partial charge is 0.308 e. The number of rotatable bonds is 5. The van der Waals surface area contributed by atoms with Gasteiger partial charge in [0, 0.05) is 24.9 Å². The molecule has 0 radical (unpaired) electrons. The maximum atomic E-state index is 11.9. The van der Waals surface area contributed by atoms with Crippen LogP contribution in [0, 0.1) is 12.8 Å². The van der Waals surface area contributed by atoms with Gasteiger partial charge in [-0.15, -0.1) is 11.3 Å². The van der Waals surface area contributed by atoms with Crippen molar-refractivity contribution in [3.05, 3.63) is 16.1 Å². The molecule has 0 bridgehead atoms. The van der Waals surface area contributed by atoms with E-state index < -0.39 is 5.97 Å². The molecule has 1 aromatic rings. The van der Waals surface area contributed by atoms with Gasteiger partial charge < -0.3 is 10.0 Å². The van der Waals surface area contributed by atoms with Crippen LogP contribution < -0.4 is 0 Å². The molecule has 19 heavy (non-hydrogen) atoms. The highest BCUT2D eigenvalue weighted by atomic mass is 32.1. The highest BCUT2D eigenvalue weighted by Gasteiger charge is 2.30. The van der Waals surface area contributed by atoms with Crippen molar-refractivity contribution in [1.29, 1.82) is 0 Å². The summed E-state index contributed by atoms with van der Waals surface area (Å²) in [5.74, 6) is -1.12. The average molecular weight is 282 g/mol. The second kappa shape index (κ2) is 6.14. The second-order valence-electron chi connectivity index (χ2n) is 4.88. The third-order valence-corrected chi connectivity index (χ3v) is 4.20. The van der Waals surface area contributed by atoms with Crippen molar-refractivity contribution >= 4 is 23.2 Å². The highest BCUT2D eigenvalue weighted by molar-refractivity contribution is 7.09. The third kappa shape index (κ3) is 3.76. The van der Waals surface area contributed by atoms with Crippen LogP contribution in [0.5, 0.6) is 0 Å². The molecule has 1 aromatic heterocycles. The van der Waals surface area contributed by atoms with E-state index in [1.807, 2.05) is 12.3 Å². The normalized spacial score (nSPS) is 18.8. The zero-order chi connectivity index (χ0) is 13.8. The molecular weight excluding hydrogens is 264 g/mol. The van der Waals surface area contributed by atoms with Crippen LogP contribution in [0.15, 0.2) is 5.38 Å². The topological polar surface area (TPSA) is 70.5 Å². The van der Waals surface area contributed by atoms with Gasteiger partial charge in [-0.05, 0) is 26.2 Å². The molecular formula is C13H18N2O3S. The molecule has 0 spiro atoms. The van der Waals surface area contributed by atoms with Crippen molar-refractivity contribution in [3.8, 4) is 0 Å². The van der Waals surface area contributed by atoms with Crippen LogP contribution in [0.25, 0.3) is 0 Å². The average Bonchev–Trinajstić information content (AvgIpc) is 2.98. The molecule has 0 aromatic carbocycles. The molecule has 0 aliphatic carbocycles. The Morgan fingerprint density at radius 2 is 2.37 bits per heavy atom. The summed E-state index contributed by atoms with van der Waals surface area (Å²) in [4.78, 5) is 28.8. The van der Waals surface area contributed by atoms with Crippen LogP contribution in [0.4, 0.5) is 0 Å². The first-order valence-corrected chi connectivity index (χ1v) is 7.36. The number of carboxylic acids is 1. The Morgan fingerprint density at radius 1 is 1.58 bits per heavy atom. The molecule has 2 heterocycles. The van der Waals surface area contributed by atoms with Crippen molar-refractivity contribution < 1.29 is 14.7 Å². The molecule has 1 aliphatic heterocycles. The number of hydrogen-bond donors (Lipinski definition) is 1. The molecule has 0 saturated carbocycles. The zero-order valence-corrected chi connectivity index (χ0v) is 11.8. The summed E-state index contributed by atoms with van der Waals surface area (Å²) in [6, 6.07) is 0. The fraction of sp³-hybridized carbons (Fsp3) is 0.615. The Kier molecular flexibility index (Phi) is 4.52. The molecule has 2 rings (SSSR count). The van der Waals surface area contributed by atoms with E-state index in [0.29, 0.717) is 25.9 Å². The van der Waals surface area contributed by atoms with E-state index in [1.165, 1.54) is 0 Å². The summed E-state index contributed by atoms with van der Waals surface area (Å²) >= 11 is 1.62. The standard InChI is InChI=1S/C13H18N2O3S/c1-9-14-11(8-19-9)3-2-4-12(16)15-6-5-10(7-15)13(17)18/h8,10H,2-7H2,1H3,(H,17,18)/t10-/m0/s1. The summed E-state index contributed by atoms with van der Waals surface area (Å²) < 4.78 is 0. The quantitative estimate of drug-likeness (QED) is 0.892. The second-order valence-corrected chi connectivity index (χ2v) is 5.94. The van der Waals surface area contributed by atoms with Gasteiger partial charge in [-0.3, -0.25) is 9.59 Å². The fourth-order valence-electron chi connectivity index (χ4n) is 2.29. The van der Waals surface area contributed by atoms with E-state index in [-0.39, 0.29) is 11.8 Å². The Morgan fingerprint density at radius 3 is 2.95 bits per heavy atom. The van der Waals surface area contributed by atoms with E-state index >= 15 is 0 Å². The van der Waals surface area contributed by atoms with E-state index in [2.05, 4.69) is 4.98 Å². The van der Waals surface area contributed by atoms with Crippen molar-refractivity contribution in [2.45, 2.75) is 32.6 Å². The summed E-state index contributed by atoms with van der Waals surface area (Å²) in [7, 11) is 0. The molecule has 0 unspecified atom stereocenters. The molecule has 1 aliphatic rings. The van der Waals surface area contributed by atoms with Crippen molar-refractivity contribution in [2.75, 3.05) is 13.1 Å². The number of carboxylic acid groups (broad SMARTS) is 1. The number of thiazole rings is 1. The van der Waals surface area contributed by atoms with Gasteiger partial charge in [0.1, 0.15) is 0 Å². The lowest BCUT2D eigenvalue weighted by atomic mass is 10.1. The molecule has 1 amide bonds. The predicted molar refractivity (Wildman–Crippen MR) is 72.1 cm³/mol. The van der Waals surface area contributed by atoms with Crippen LogP contribution >= 0.6 is 11.3 Å². The van der Waals surface area contributed by atoms with Gasteiger partial charge in [-0.2, -0.15) is 0 Å². The molecule has 6 heteroatoms. The van der Waals surface area contributed by atoms with Crippen LogP contribution in [-0.2, 0) is 16.0 Å².